The number of carbonyl (C=O) groups is 1. The van der Waals surface area contributed by atoms with Gasteiger partial charge in [-0.3, -0.25) is 4.79 Å². The number of rotatable bonds is 4. The fourth-order valence-corrected chi connectivity index (χ4v) is 2.19. The van der Waals surface area contributed by atoms with Gasteiger partial charge in [-0.15, -0.1) is 0 Å². The highest BCUT2D eigenvalue weighted by Crippen LogP contribution is 2.21. The number of benzene rings is 2. The number of anilines is 3. The van der Waals surface area contributed by atoms with Gasteiger partial charge in [-0.2, -0.15) is 5.26 Å². The summed E-state index contributed by atoms with van der Waals surface area (Å²) in [6.45, 7) is 5.83. The first kappa shape index (κ1) is 17.1. The first-order valence-electron chi connectivity index (χ1n) is 7.53. The van der Waals surface area contributed by atoms with E-state index < -0.39 is 5.91 Å². The number of nitrogens with one attached hydrogen (secondary N) is 2. The van der Waals surface area contributed by atoms with Crippen LogP contribution in [0.2, 0.25) is 0 Å². The Balaban J connectivity index is 2.17. The van der Waals surface area contributed by atoms with Gasteiger partial charge in [0.25, 0.3) is 5.91 Å². The average Bonchev–Trinajstić information content (AvgIpc) is 2.54. The third kappa shape index (κ3) is 3.93. The van der Waals surface area contributed by atoms with Crippen molar-refractivity contribution in [1.29, 1.82) is 5.26 Å². The molecular formula is C19H20N4O. The normalized spacial score (nSPS) is 10.8. The molecule has 0 bridgehead atoms. The molecule has 0 aliphatic rings. The lowest BCUT2D eigenvalue weighted by Crippen LogP contribution is -2.15. The molecule has 0 fully saturated rings. The van der Waals surface area contributed by atoms with Gasteiger partial charge in [-0.05, 0) is 55.7 Å². The summed E-state index contributed by atoms with van der Waals surface area (Å²) < 4.78 is 0. The Morgan fingerprint density at radius 3 is 2.58 bits per heavy atom. The summed E-state index contributed by atoms with van der Waals surface area (Å²) in [5, 5.41) is 14.9. The SMILES string of the molecule is Cc1ccc(N/C=C(/C#N)C(=O)Nc2cccc(C)c2C)c(N)c1. The predicted octanol–water partition coefficient (Wildman–Crippen LogP) is 3.65. The molecule has 0 unspecified atom stereocenters. The number of nitrogens with zero attached hydrogens (tertiary/aromatic N) is 1. The Labute approximate surface area is 141 Å². The van der Waals surface area contributed by atoms with E-state index in [1.165, 1.54) is 6.20 Å². The average molecular weight is 320 g/mol. The van der Waals surface area contributed by atoms with Crippen LogP contribution in [0.25, 0.3) is 0 Å². The van der Waals surface area contributed by atoms with Crippen molar-refractivity contribution in [1.82, 2.24) is 0 Å². The van der Waals surface area contributed by atoms with Crippen LogP contribution in [0.15, 0.2) is 48.2 Å². The summed E-state index contributed by atoms with van der Waals surface area (Å²) >= 11 is 0. The first-order valence-corrected chi connectivity index (χ1v) is 7.53. The van der Waals surface area contributed by atoms with E-state index in [-0.39, 0.29) is 5.57 Å². The molecule has 122 valence electrons. The lowest BCUT2D eigenvalue weighted by molar-refractivity contribution is -0.112. The summed E-state index contributed by atoms with van der Waals surface area (Å²) in [5.74, 6) is -0.468. The fourth-order valence-electron chi connectivity index (χ4n) is 2.19. The van der Waals surface area contributed by atoms with Gasteiger partial charge in [0.15, 0.2) is 0 Å². The molecule has 4 N–H and O–H groups in total. The van der Waals surface area contributed by atoms with E-state index in [1.807, 2.05) is 51.1 Å². The van der Waals surface area contributed by atoms with Crippen molar-refractivity contribution in [3.8, 4) is 6.07 Å². The van der Waals surface area contributed by atoms with Crippen LogP contribution in [0.1, 0.15) is 16.7 Å². The molecule has 24 heavy (non-hydrogen) atoms. The van der Waals surface area contributed by atoms with Gasteiger partial charge in [-0.25, -0.2) is 0 Å². The molecule has 2 aromatic carbocycles. The zero-order chi connectivity index (χ0) is 17.7. The topological polar surface area (TPSA) is 90.9 Å². The number of nitrogens with two attached hydrogens (primary N) is 1. The van der Waals surface area contributed by atoms with Crippen LogP contribution in [-0.4, -0.2) is 5.91 Å². The van der Waals surface area contributed by atoms with Gasteiger partial charge in [0.1, 0.15) is 11.6 Å². The molecule has 0 radical (unpaired) electrons. The maximum Gasteiger partial charge on any atom is 0.267 e. The van der Waals surface area contributed by atoms with E-state index in [1.54, 1.807) is 12.1 Å². The Hall–Kier alpha value is -3.26. The highest BCUT2D eigenvalue weighted by Gasteiger charge is 2.11. The minimum absolute atomic E-state index is 0.0316. The number of hydrogen-bond acceptors (Lipinski definition) is 4. The molecule has 0 saturated carbocycles. The van der Waals surface area contributed by atoms with Crippen molar-refractivity contribution < 1.29 is 4.79 Å². The second-order valence-electron chi connectivity index (χ2n) is 5.61. The van der Waals surface area contributed by atoms with E-state index in [0.29, 0.717) is 17.1 Å². The van der Waals surface area contributed by atoms with Crippen LogP contribution < -0.4 is 16.4 Å². The molecular weight excluding hydrogens is 300 g/mol. The van der Waals surface area contributed by atoms with Crippen LogP contribution in [0.5, 0.6) is 0 Å². The summed E-state index contributed by atoms with van der Waals surface area (Å²) in [6, 6.07) is 13.1. The van der Waals surface area contributed by atoms with Crippen molar-refractivity contribution in [3.63, 3.8) is 0 Å². The molecule has 0 aliphatic carbocycles. The van der Waals surface area contributed by atoms with Crippen LogP contribution >= 0.6 is 0 Å². The van der Waals surface area contributed by atoms with Crippen LogP contribution in [-0.2, 0) is 4.79 Å². The summed E-state index contributed by atoms with van der Waals surface area (Å²) in [5.41, 5.74) is 10.8. The Morgan fingerprint density at radius 2 is 1.92 bits per heavy atom. The van der Waals surface area contributed by atoms with Crippen LogP contribution in [0.4, 0.5) is 17.1 Å². The minimum atomic E-state index is -0.468. The van der Waals surface area contributed by atoms with Crippen molar-refractivity contribution in [2.75, 3.05) is 16.4 Å². The molecule has 2 aromatic rings. The maximum absolute atomic E-state index is 12.3. The molecule has 0 aromatic heterocycles. The lowest BCUT2D eigenvalue weighted by Gasteiger charge is -2.10. The highest BCUT2D eigenvalue weighted by molar-refractivity contribution is 6.07. The number of nitriles is 1. The van der Waals surface area contributed by atoms with Gasteiger partial charge >= 0.3 is 0 Å². The summed E-state index contributed by atoms with van der Waals surface area (Å²) in [4.78, 5) is 12.3. The van der Waals surface area contributed by atoms with E-state index in [4.69, 9.17) is 5.73 Å². The molecule has 5 heteroatoms. The highest BCUT2D eigenvalue weighted by atomic mass is 16.1. The van der Waals surface area contributed by atoms with Gasteiger partial charge in [0, 0.05) is 11.9 Å². The standard InChI is InChI=1S/C19H20N4O/c1-12-7-8-18(16(21)9-12)22-11-15(10-20)19(24)23-17-6-4-5-13(2)14(17)3/h4-9,11,22H,21H2,1-3H3,(H,23,24)/b15-11-. The molecule has 0 atom stereocenters. The van der Waals surface area contributed by atoms with Gasteiger partial charge in [-0.1, -0.05) is 18.2 Å². The van der Waals surface area contributed by atoms with Crippen molar-refractivity contribution >= 4 is 23.0 Å². The van der Waals surface area contributed by atoms with Crippen molar-refractivity contribution in [2.24, 2.45) is 0 Å². The van der Waals surface area contributed by atoms with E-state index in [9.17, 15) is 10.1 Å². The van der Waals surface area contributed by atoms with E-state index in [0.717, 1.165) is 16.7 Å². The quantitative estimate of drug-likeness (QED) is 0.455. The summed E-state index contributed by atoms with van der Waals surface area (Å²) in [7, 11) is 0. The molecule has 0 aliphatic heterocycles. The first-order chi connectivity index (χ1) is 11.4. The molecule has 5 nitrogen and oxygen atoms in total. The molecule has 2 rings (SSSR count). The predicted molar refractivity (Wildman–Crippen MR) is 97.5 cm³/mol. The zero-order valence-electron chi connectivity index (χ0n) is 14.0. The molecule has 1 amide bonds. The van der Waals surface area contributed by atoms with Crippen LogP contribution in [0.3, 0.4) is 0 Å². The largest absolute Gasteiger partial charge is 0.397 e. The second-order valence-corrected chi connectivity index (χ2v) is 5.61. The smallest absolute Gasteiger partial charge is 0.267 e. The number of amides is 1. The van der Waals surface area contributed by atoms with Crippen molar-refractivity contribution in [2.45, 2.75) is 20.8 Å². The number of nitrogen functional groups attached to an aromatic ring is 1. The van der Waals surface area contributed by atoms with E-state index >= 15 is 0 Å². The minimum Gasteiger partial charge on any atom is -0.397 e. The van der Waals surface area contributed by atoms with Gasteiger partial charge in [0.2, 0.25) is 0 Å². The Kier molecular flexibility index (Phi) is 5.23. The summed E-state index contributed by atoms with van der Waals surface area (Å²) in [6.07, 6.45) is 1.36. The number of hydrogen-bond donors (Lipinski definition) is 3. The van der Waals surface area contributed by atoms with Crippen LogP contribution in [0, 0.1) is 32.1 Å². The van der Waals surface area contributed by atoms with Crippen molar-refractivity contribution in [3.05, 3.63) is 64.9 Å². The fraction of sp³-hybridized carbons (Fsp3) is 0.158. The number of carbonyl (C=O) groups excluding carboxylic acids is 1. The molecule has 0 heterocycles. The molecule has 0 spiro atoms. The van der Waals surface area contributed by atoms with E-state index in [2.05, 4.69) is 10.6 Å². The van der Waals surface area contributed by atoms with Gasteiger partial charge < -0.3 is 16.4 Å². The monoisotopic (exact) mass is 320 g/mol. The Morgan fingerprint density at radius 1 is 1.17 bits per heavy atom. The molecule has 0 saturated heterocycles. The third-order valence-electron chi connectivity index (χ3n) is 3.80. The Bertz CT molecular complexity index is 847. The lowest BCUT2D eigenvalue weighted by atomic mass is 10.1. The number of aryl methyl sites for hydroxylation is 2. The van der Waals surface area contributed by atoms with Gasteiger partial charge in [0.05, 0.1) is 11.4 Å². The third-order valence-corrected chi connectivity index (χ3v) is 3.80. The maximum atomic E-state index is 12.3. The second kappa shape index (κ2) is 7.34. The zero-order valence-corrected chi connectivity index (χ0v) is 14.0.